The number of aromatic nitrogens is 6. The van der Waals surface area contributed by atoms with Gasteiger partial charge in [-0.1, -0.05) is 60.9 Å². The number of allylic oxidation sites excluding steroid dienone is 1. The molecule has 8 bridgehead atoms. The molecule has 4 aromatic heterocycles. The molecule has 642 valence electrons. The Hall–Kier alpha value is -11.0. The zero-order valence-electron chi connectivity index (χ0n) is 67.0. The second kappa shape index (κ2) is 41.3. The minimum Gasteiger partial charge on any atom is -0.480 e. The van der Waals surface area contributed by atoms with Crippen LogP contribution in [0.5, 0.6) is 0 Å². The van der Waals surface area contributed by atoms with E-state index in [1.165, 1.54) is 20.2 Å². The van der Waals surface area contributed by atoms with Crippen LogP contribution >= 0.6 is 44.8 Å². The Balaban J connectivity index is 0.754. The van der Waals surface area contributed by atoms with Crippen LogP contribution in [0.4, 0.5) is 22.1 Å². The van der Waals surface area contributed by atoms with Crippen LogP contribution in [0.15, 0.2) is 75.2 Å². The lowest BCUT2D eigenvalue weighted by molar-refractivity contribution is -0.142. The number of aliphatic imine (C=N–C) groups is 2. The number of halogens is 2. The van der Waals surface area contributed by atoms with E-state index < -0.39 is 136 Å². The van der Waals surface area contributed by atoms with E-state index >= 15 is 0 Å². The molecule has 41 heteroatoms. The molecule has 7 amide bonds. The fourth-order valence-corrected chi connectivity index (χ4v) is 17.7. The minimum atomic E-state index is -4.52. The molecule has 1 aliphatic carbocycles. The van der Waals surface area contributed by atoms with Crippen LogP contribution in [0.2, 0.25) is 0 Å². The molecule has 3 unspecified atom stereocenters. The number of nitrogens with one attached hydrogen (secondary N) is 11. The number of aliphatic carboxylic acids is 1. The van der Waals surface area contributed by atoms with E-state index in [-0.39, 0.29) is 103 Å². The Bertz CT molecular complexity index is 5340. The van der Waals surface area contributed by atoms with Crippen molar-refractivity contribution in [2.24, 2.45) is 39.6 Å². The van der Waals surface area contributed by atoms with Crippen molar-refractivity contribution in [2.45, 2.75) is 137 Å². The summed E-state index contributed by atoms with van der Waals surface area (Å²) in [4.78, 5) is 197. The number of methoxy groups -OCH3 is 1. The number of aromatic amines is 3. The first kappa shape index (κ1) is 91.3. The number of esters is 1. The van der Waals surface area contributed by atoms with E-state index in [9.17, 15) is 75.6 Å². The number of nitrogen functional groups attached to an aromatic ring is 1. The van der Waals surface area contributed by atoms with Gasteiger partial charge in [-0.25, -0.2) is 25.0 Å². The van der Waals surface area contributed by atoms with Gasteiger partial charge in [0.2, 0.25) is 29.6 Å². The molecule has 0 radical (unpaired) electrons. The third-order valence-corrected chi connectivity index (χ3v) is 24.7. The summed E-state index contributed by atoms with van der Waals surface area (Å²) in [5.41, 5.74) is 17.8. The van der Waals surface area contributed by atoms with E-state index in [1.807, 2.05) is 50.0 Å². The molecule has 10 atom stereocenters. The van der Waals surface area contributed by atoms with E-state index in [0.717, 1.165) is 45.1 Å². The molecule has 0 saturated carbocycles. The molecule has 6 aromatic rings. The van der Waals surface area contributed by atoms with Gasteiger partial charge in [0.25, 0.3) is 27.5 Å². The maximum Gasteiger partial charge on any atom is 0.426 e. The number of fused-ring (bicyclic) bond motifs is 6. The van der Waals surface area contributed by atoms with Crippen molar-refractivity contribution in [2.75, 3.05) is 78.3 Å². The number of hydrogen-bond donors (Lipinski definition) is 14. The number of hydrogen-bond acceptors (Lipinski definition) is 26. The average molecular weight is 1750 g/mol. The highest BCUT2D eigenvalue weighted by Gasteiger charge is 2.49. The SMILES string of the molecule is CC[C@H]1C2Cc3[nH]c4c(c3C)C(=O)C(C(=O)OC)/C4=C3/N=C(C=c4[nH]c(c(C(C)=O)c4C)=CC(=N2)[C@@H]1C)[C@@H](C)[C@@H]3CCC(=O)NC(Cc1ccc(N(CCCl)CCCl)cc1)C(=O)NNC(=O)OCCSSC[C@H](NC(=O)[C@H](CC(=O)NCCS(=O)(=O)O)NC(=O)CC[C@@H](C)NC(=O)c1ccc(NCc2cnc3nc(N)[nH]c(=O)c3n2)cc1)C(=O)O. The van der Waals surface area contributed by atoms with Crippen molar-refractivity contribution in [3.05, 3.63) is 132 Å². The number of amides is 7. The molecule has 120 heavy (non-hydrogen) atoms. The highest BCUT2D eigenvalue weighted by Crippen LogP contribution is 2.49. The summed E-state index contributed by atoms with van der Waals surface area (Å²) < 4.78 is 42.6. The summed E-state index contributed by atoms with van der Waals surface area (Å²) in [5.74, 6) is -10.7. The van der Waals surface area contributed by atoms with E-state index in [1.54, 1.807) is 43.3 Å². The summed E-state index contributed by atoms with van der Waals surface area (Å²) in [6, 6.07) is 8.01. The first-order valence-electron chi connectivity index (χ1n) is 38.8. The van der Waals surface area contributed by atoms with Gasteiger partial charge in [-0.3, -0.25) is 72.9 Å². The lowest BCUT2D eigenvalue weighted by atomic mass is 9.83. The molecule has 7 heterocycles. The topological polar surface area (TPSA) is 534 Å². The predicted molar refractivity (Wildman–Crippen MR) is 454 cm³/mol. The Labute approximate surface area is 707 Å². The van der Waals surface area contributed by atoms with Crippen molar-refractivity contribution in [1.29, 1.82) is 0 Å². The van der Waals surface area contributed by atoms with E-state index in [4.69, 9.17) is 48.4 Å². The van der Waals surface area contributed by atoms with Crippen LogP contribution in [-0.4, -0.2) is 217 Å². The lowest BCUT2D eigenvalue weighted by Crippen LogP contribution is -2.53. The minimum absolute atomic E-state index is 0.00546. The molecule has 15 N–H and O–H groups in total. The van der Waals surface area contributed by atoms with Gasteiger partial charge in [0.1, 0.15) is 30.7 Å². The third-order valence-electron chi connectivity index (χ3n) is 21.3. The Morgan fingerprint density at radius 2 is 1.51 bits per heavy atom. The number of carbonyl (C=O) groups is 11. The number of anilines is 3. The van der Waals surface area contributed by atoms with Crippen LogP contribution in [0.25, 0.3) is 28.9 Å². The van der Waals surface area contributed by atoms with Gasteiger partial charge in [-0.15, -0.1) is 23.2 Å². The number of carboxylic acids is 1. The second-order valence-electron chi connectivity index (χ2n) is 29.5. The van der Waals surface area contributed by atoms with Crippen molar-refractivity contribution in [3.8, 4) is 0 Å². The quantitative estimate of drug-likeness (QED) is 0.00380. The number of carbonyl (C=O) groups excluding carboxylic acids is 10. The van der Waals surface area contributed by atoms with Crippen LogP contribution in [0.3, 0.4) is 0 Å². The largest absolute Gasteiger partial charge is 0.480 e. The predicted octanol–water partition coefficient (Wildman–Crippen LogP) is 4.07. The number of H-pyrrole nitrogens is 3. The van der Waals surface area contributed by atoms with Gasteiger partial charge in [0.15, 0.2) is 22.7 Å². The molecule has 36 nitrogen and oxygen atoms in total. The van der Waals surface area contributed by atoms with Crippen LogP contribution in [0, 0.1) is 43.4 Å². The standard InChI is InChI=1S/C79H96Cl2N18O18S3/c1-9-49-39(3)51-33-56-63(43(7)100)41(5)53(89-56)31-52-40(4)50(67(92-52)65-66(77(111)116-8)70(104)64-42(6)54(93-68(64)65)32-55(49)88-51)19-21-61(102)90-57(30-44-11-17-48(18-12-44)99(25-22-80)26-23-81)74(107)97-98-79(112)117-27-28-118-119-37-59(76(109)110)94-73(106)58(34-62(103)83-24-29-120(113,114)115)91-60(101)20-10-38(2)86-72(105)45-13-15-46(16-14-45)84-35-47-36-85-71-69(87-47)75(108)96-78(82)95-71/h11-18,31,33,36,38-40,49-50,55,57-59,66,84,89,93H,9-10,19-30,32,34-35,37H2,1-8H3,(H,83,103)(H,86,105)(H,90,102)(H,91,101)(H,94,106)(H,97,107)(H,98,112)(H,109,110)(H,113,114,115)(H3,82,85,95,96,108)/b53-31?,56-33?,67-65-/t38-,39-,40+,49-,50+,55?,57?,58+,59+,66?/m1/s1. The molecule has 2 aromatic carbocycles. The van der Waals surface area contributed by atoms with Crippen LogP contribution < -0.4 is 69.6 Å². The Morgan fingerprint density at radius 3 is 2.18 bits per heavy atom. The summed E-state index contributed by atoms with van der Waals surface area (Å²) in [7, 11) is -1.34. The molecular formula is C79H96Cl2N18O18S3. The smallest absolute Gasteiger partial charge is 0.426 e. The fourth-order valence-electron chi connectivity index (χ4n) is 15.0. The number of alkyl halides is 2. The number of hydrazine groups is 1. The highest BCUT2D eigenvalue weighted by molar-refractivity contribution is 8.76. The number of ether oxygens (including phenoxy) is 2. The average Bonchev–Trinajstić information content (AvgIpc) is 1.56. The van der Waals surface area contributed by atoms with Gasteiger partial charge in [0, 0.05) is 148 Å². The van der Waals surface area contributed by atoms with Gasteiger partial charge < -0.3 is 67.1 Å². The monoisotopic (exact) mass is 1750 g/mol. The van der Waals surface area contributed by atoms with Gasteiger partial charge >= 0.3 is 18.0 Å². The summed E-state index contributed by atoms with van der Waals surface area (Å²) in [5, 5.41) is 27.1. The zero-order valence-corrected chi connectivity index (χ0v) is 71.0. The molecule has 3 aliphatic heterocycles. The number of Topliss-reactive ketones (excluding diaryl/α,β-unsaturated/α-hetero) is 2. The van der Waals surface area contributed by atoms with Gasteiger partial charge in [-0.2, -0.15) is 13.4 Å². The summed E-state index contributed by atoms with van der Waals surface area (Å²) in [6.07, 6.45) is 4.03. The van der Waals surface area contributed by atoms with Crippen molar-refractivity contribution >= 4 is 178 Å². The van der Waals surface area contributed by atoms with Gasteiger partial charge in [-0.05, 0) is 112 Å². The molecular weight excluding hydrogens is 1660 g/mol. The van der Waals surface area contributed by atoms with Gasteiger partial charge in [0.05, 0.1) is 60.5 Å². The van der Waals surface area contributed by atoms with Crippen molar-refractivity contribution < 1.29 is 80.3 Å². The first-order valence-corrected chi connectivity index (χ1v) is 43.9. The zero-order chi connectivity index (χ0) is 87.0. The molecule has 10 rings (SSSR count). The number of ketones is 2. The number of nitrogens with two attached hydrogens (primary N) is 1. The number of carboxylic acid groups (broad SMARTS) is 1. The normalized spacial score (nSPS) is 18.7. The Kier molecular flexibility index (Phi) is 31.4. The van der Waals surface area contributed by atoms with E-state index in [0.29, 0.717) is 104 Å². The van der Waals surface area contributed by atoms with E-state index in [2.05, 4.69) is 86.5 Å². The maximum absolute atomic E-state index is 14.8. The fraction of sp³-hybridized carbons (Fsp3) is 0.456. The highest BCUT2D eigenvalue weighted by atomic mass is 35.5. The van der Waals surface area contributed by atoms with Crippen molar-refractivity contribution in [1.82, 2.24) is 67.3 Å². The molecule has 0 saturated heterocycles. The molecule has 0 spiro atoms. The number of benzene rings is 2. The van der Waals surface area contributed by atoms with Crippen LogP contribution in [-0.2, 0) is 72.5 Å². The van der Waals surface area contributed by atoms with Crippen LogP contribution in [0.1, 0.15) is 138 Å². The maximum atomic E-state index is 14.8. The molecule has 0 fully saturated rings. The Morgan fingerprint density at radius 1 is 0.808 bits per heavy atom. The van der Waals surface area contributed by atoms with Crippen molar-refractivity contribution in [3.63, 3.8) is 0 Å². The first-order chi connectivity index (χ1) is 57.2. The number of nitrogens with zero attached hydrogens (tertiary/aromatic N) is 6. The molecule has 4 aliphatic rings. The summed E-state index contributed by atoms with van der Waals surface area (Å²) >= 11 is 12.2. The third kappa shape index (κ3) is 23.1. The number of rotatable bonds is 38. The summed E-state index contributed by atoms with van der Waals surface area (Å²) in [6.45, 7) is 13.2. The second-order valence-corrected chi connectivity index (χ2v) is 34.4. The lowest BCUT2D eigenvalue weighted by Gasteiger charge is -2.24.